The standard InChI is InChI=1S/C16H11ClN6O3/c17-10-3-1-2-9(6-10)7-23-5-4-22-8-11(15-18-20-21-19-15)13(24)14(25)12(22)16(23)26/h1-6,8,25H,7H2,(H,18,19,20,21). The molecule has 3 heterocycles. The zero-order valence-corrected chi connectivity index (χ0v) is 13.9. The van der Waals surface area contributed by atoms with Gasteiger partial charge in [-0.3, -0.25) is 9.59 Å². The highest BCUT2D eigenvalue weighted by Crippen LogP contribution is 2.17. The molecule has 0 bridgehead atoms. The van der Waals surface area contributed by atoms with Crippen molar-refractivity contribution in [3.05, 3.63) is 74.0 Å². The molecular formula is C16H11ClN6O3. The Bertz CT molecular complexity index is 1230. The van der Waals surface area contributed by atoms with E-state index in [0.29, 0.717) is 5.02 Å². The molecule has 1 aromatic carbocycles. The number of rotatable bonds is 3. The van der Waals surface area contributed by atoms with E-state index in [4.69, 9.17) is 11.6 Å². The Morgan fingerprint density at radius 1 is 1.23 bits per heavy atom. The first-order valence-corrected chi connectivity index (χ1v) is 7.88. The van der Waals surface area contributed by atoms with Crippen LogP contribution in [0.25, 0.3) is 16.9 Å². The van der Waals surface area contributed by atoms with Gasteiger partial charge < -0.3 is 14.1 Å². The van der Waals surface area contributed by atoms with Crippen LogP contribution in [0.15, 0.2) is 52.4 Å². The largest absolute Gasteiger partial charge is 0.503 e. The number of fused-ring (bicyclic) bond motifs is 1. The monoisotopic (exact) mass is 370 g/mol. The Kier molecular flexibility index (Phi) is 3.77. The molecule has 10 heteroatoms. The Morgan fingerprint density at radius 3 is 2.81 bits per heavy atom. The summed E-state index contributed by atoms with van der Waals surface area (Å²) in [5.41, 5.74) is -0.549. The van der Waals surface area contributed by atoms with Crippen LogP contribution in [0.1, 0.15) is 5.56 Å². The predicted octanol–water partition coefficient (Wildman–Crippen LogP) is 1.05. The number of nitrogens with one attached hydrogen (secondary N) is 1. The van der Waals surface area contributed by atoms with Gasteiger partial charge in [0.1, 0.15) is 0 Å². The summed E-state index contributed by atoms with van der Waals surface area (Å²) in [6.45, 7) is 0.246. The van der Waals surface area contributed by atoms with Crippen LogP contribution >= 0.6 is 11.6 Å². The third kappa shape index (κ3) is 2.64. The molecule has 0 aliphatic rings. The molecule has 26 heavy (non-hydrogen) atoms. The smallest absolute Gasteiger partial charge is 0.279 e. The molecule has 0 atom stereocenters. The van der Waals surface area contributed by atoms with Gasteiger partial charge in [0.2, 0.25) is 11.3 Å². The lowest BCUT2D eigenvalue weighted by Gasteiger charge is -2.10. The van der Waals surface area contributed by atoms with Gasteiger partial charge in [0, 0.05) is 23.6 Å². The predicted molar refractivity (Wildman–Crippen MR) is 93.3 cm³/mol. The number of nitrogens with zero attached hydrogens (tertiary/aromatic N) is 5. The molecule has 4 aromatic rings. The molecule has 0 aliphatic carbocycles. The number of benzene rings is 1. The van der Waals surface area contributed by atoms with Gasteiger partial charge in [-0.25, -0.2) is 0 Å². The van der Waals surface area contributed by atoms with Gasteiger partial charge in [-0.05, 0) is 22.9 Å². The number of hydrogen-bond donors (Lipinski definition) is 2. The van der Waals surface area contributed by atoms with E-state index in [1.165, 1.54) is 15.2 Å². The number of aromatic nitrogens is 6. The van der Waals surface area contributed by atoms with Crippen molar-refractivity contribution >= 4 is 17.1 Å². The summed E-state index contributed by atoms with van der Waals surface area (Å²) in [4.78, 5) is 25.1. The van der Waals surface area contributed by atoms with Crippen molar-refractivity contribution < 1.29 is 5.11 Å². The van der Waals surface area contributed by atoms with E-state index >= 15 is 0 Å². The van der Waals surface area contributed by atoms with E-state index in [1.54, 1.807) is 30.6 Å². The van der Waals surface area contributed by atoms with E-state index in [2.05, 4.69) is 20.6 Å². The fourth-order valence-electron chi connectivity index (χ4n) is 2.70. The highest BCUT2D eigenvalue weighted by atomic mass is 35.5. The number of aromatic hydroxyl groups is 1. The molecule has 0 amide bonds. The molecule has 2 N–H and O–H groups in total. The second-order valence-corrected chi connectivity index (χ2v) is 6.01. The van der Waals surface area contributed by atoms with Gasteiger partial charge in [-0.1, -0.05) is 23.7 Å². The van der Waals surface area contributed by atoms with Crippen molar-refractivity contribution in [2.24, 2.45) is 0 Å². The van der Waals surface area contributed by atoms with Crippen LogP contribution in [0, 0.1) is 0 Å². The summed E-state index contributed by atoms with van der Waals surface area (Å²) in [6.07, 6.45) is 4.50. The molecule has 130 valence electrons. The van der Waals surface area contributed by atoms with Crippen LogP contribution < -0.4 is 11.0 Å². The van der Waals surface area contributed by atoms with Crippen molar-refractivity contribution in [1.29, 1.82) is 0 Å². The molecule has 9 nitrogen and oxygen atoms in total. The molecule has 0 saturated carbocycles. The summed E-state index contributed by atoms with van der Waals surface area (Å²) in [5, 5.41) is 23.9. The third-order valence-electron chi connectivity index (χ3n) is 3.91. The number of pyridine rings is 1. The molecular weight excluding hydrogens is 360 g/mol. The summed E-state index contributed by atoms with van der Waals surface area (Å²) in [7, 11) is 0. The number of aromatic amines is 1. The van der Waals surface area contributed by atoms with E-state index in [1.807, 2.05) is 6.07 Å². The van der Waals surface area contributed by atoms with Crippen LogP contribution in [0.2, 0.25) is 5.02 Å². The normalized spacial score (nSPS) is 11.1. The van der Waals surface area contributed by atoms with Crippen LogP contribution in [0.4, 0.5) is 0 Å². The van der Waals surface area contributed by atoms with Gasteiger partial charge in [-0.2, -0.15) is 5.21 Å². The summed E-state index contributed by atoms with van der Waals surface area (Å²) in [6, 6.07) is 7.08. The Balaban J connectivity index is 1.88. The minimum Gasteiger partial charge on any atom is -0.503 e. The fraction of sp³-hybridized carbons (Fsp3) is 0.0625. The summed E-state index contributed by atoms with van der Waals surface area (Å²) >= 11 is 5.97. The maximum atomic E-state index is 12.7. The van der Waals surface area contributed by atoms with Crippen molar-refractivity contribution in [3.8, 4) is 17.1 Å². The highest BCUT2D eigenvalue weighted by molar-refractivity contribution is 6.30. The van der Waals surface area contributed by atoms with E-state index in [-0.39, 0.29) is 23.4 Å². The van der Waals surface area contributed by atoms with Crippen molar-refractivity contribution in [2.45, 2.75) is 6.54 Å². The molecule has 0 spiro atoms. The number of hydrogen-bond acceptors (Lipinski definition) is 6. The minimum atomic E-state index is -0.746. The topological polar surface area (TPSA) is 118 Å². The first-order chi connectivity index (χ1) is 12.5. The lowest BCUT2D eigenvalue weighted by molar-refractivity contribution is 0.472. The summed E-state index contributed by atoms with van der Waals surface area (Å²) in [5.74, 6) is -0.638. The molecule has 0 radical (unpaired) electrons. The van der Waals surface area contributed by atoms with Crippen LogP contribution in [-0.2, 0) is 6.54 Å². The molecule has 3 aromatic heterocycles. The number of halogens is 1. The van der Waals surface area contributed by atoms with Gasteiger partial charge in [-0.15, -0.1) is 10.2 Å². The van der Waals surface area contributed by atoms with E-state index < -0.39 is 16.7 Å². The Morgan fingerprint density at radius 2 is 2.08 bits per heavy atom. The van der Waals surface area contributed by atoms with Crippen molar-refractivity contribution in [1.82, 2.24) is 29.6 Å². The van der Waals surface area contributed by atoms with E-state index in [9.17, 15) is 14.7 Å². The van der Waals surface area contributed by atoms with Crippen molar-refractivity contribution in [3.63, 3.8) is 0 Å². The average molecular weight is 371 g/mol. The molecule has 0 unspecified atom stereocenters. The lowest BCUT2D eigenvalue weighted by atomic mass is 10.2. The average Bonchev–Trinajstić information content (AvgIpc) is 3.14. The van der Waals surface area contributed by atoms with Gasteiger partial charge in [0.15, 0.2) is 11.3 Å². The lowest BCUT2D eigenvalue weighted by Crippen LogP contribution is -2.24. The minimum absolute atomic E-state index is 0.0285. The maximum absolute atomic E-state index is 12.7. The Hall–Kier alpha value is -3.46. The van der Waals surface area contributed by atoms with Gasteiger partial charge in [0.05, 0.1) is 12.1 Å². The van der Waals surface area contributed by atoms with E-state index in [0.717, 1.165) is 5.56 Å². The third-order valence-corrected chi connectivity index (χ3v) is 4.14. The van der Waals surface area contributed by atoms with Crippen LogP contribution in [0.5, 0.6) is 5.75 Å². The molecule has 0 fully saturated rings. The van der Waals surface area contributed by atoms with Gasteiger partial charge in [0.25, 0.3) is 5.56 Å². The van der Waals surface area contributed by atoms with Crippen LogP contribution in [-0.4, -0.2) is 34.7 Å². The second-order valence-electron chi connectivity index (χ2n) is 5.57. The zero-order valence-electron chi connectivity index (χ0n) is 13.1. The van der Waals surface area contributed by atoms with Gasteiger partial charge >= 0.3 is 0 Å². The highest BCUT2D eigenvalue weighted by Gasteiger charge is 2.17. The number of H-pyrrole nitrogens is 1. The molecule has 4 rings (SSSR count). The fourth-order valence-corrected chi connectivity index (χ4v) is 2.91. The van der Waals surface area contributed by atoms with Crippen molar-refractivity contribution in [2.75, 3.05) is 0 Å². The maximum Gasteiger partial charge on any atom is 0.279 e. The first kappa shape index (κ1) is 16.0. The second kappa shape index (κ2) is 6.12. The summed E-state index contributed by atoms with van der Waals surface area (Å²) < 4.78 is 2.74. The first-order valence-electron chi connectivity index (χ1n) is 7.50. The Labute approximate surface area is 150 Å². The number of tetrazole rings is 1. The van der Waals surface area contributed by atoms with Crippen LogP contribution in [0.3, 0.4) is 0 Å². The quantitative estimate of drug-likeness (QED) is 0.556. The molecule has 0 saturated heterocycles. The zero-order chi connectivity index (χ0) is 18.3. The molecule has 0 aliphatic heterocycles. The SMILES string of the molecule is O=c1c(-c2nn[nH]n2)cn2ccn(Cc3cccc(Cl)c3)c(=O)c2c1O.